The number of nitrogens with zero attached hydrogens (tertiary/aromatic N) is 2. The van der Waals surface area contributed by atoms with Crippen molar-refractivity contribution in [3.63, 3.8) is 0 Å². The molecule has 0 saturated carbocycles. The lowest BCUT2D eigenvalue weighted by Gasteiger charge is -2.10. The number of nitro groups is 1. The minimum atomic E-state index is -0.674. The van der Waals surface area contributed by atoms with Crippen LogP contribution in [-0.2, 0) is 0 Å². The molecule has 0 aromatic heterocycles. The normalized spacial score (nSPS) is 9.61. The number of ether oxygens (including phenoxy) is 2. The van der Waals surface area contributed by atoms with Gasteiger partial charge in [-0.2, -0.15) is 5.26 Å². The predicted octanol–water partition coefficient (Wildman–Crippen LogP) is 2.21. The van der Waals surface area contributed by atoms with E-state index in [0.29, 0.717) is 0 Å². The number of hydrogen-bond donors (Lipinski definition) is 0. The molecule has 96 valence electrons. The topological polar surface area (TPSA) is 85.4 Å². The summed E-state index contributed by atoms with van der Waals surface area (Å²) in [6.07, 6.45) is 0.196. The molecule has 0 heterocycles. The van der Waals surface area contributed by atoms with Crippen LogP contribution in [-0.4, -0.2) is 25.3 Å². The Morgan fingerprint density at radius 2 is 2.22 bits per heavy atom. The Bertz CT molecular complexity index is 485. The molecule has 0 unspecified atom stereocenters. The summed E-state index contributed by atoms with van der Waals surface area (Å²) in [6, 6.07) is 4.04. The summed E-state index contributed by atoms with van der Waals surface area (Å²) in [7, 11) is 1.33. The van der Waals surface area contributed by atoms with E-state index < -0.39 is 11.6 Å². The van der Waals surface area contributed by atoms with E-state index in [1.807, 2.05) is 0 Å². The Balaban J connectivity index is 3.11. The number of hydrogen-bond acceptors (Lipinski definition) is 5. The van der Waals surface area contributed by atoms with Crippen molar-refractivity contribution in [1.29, 1.82) is 5.26 Å². The first kappa shape index (κ1) is 13.7. The Morgan fingerprint density at radius 1 is 1.50 bits per heavy atom. The first-order valence-corrected chi connectivity index (χ1v) is 5.09. The summed E-state index contributed by atoms with van der Waals surface area (Å²) in [4.78, 5) is 10.1. The summed E-state index contributed by atoms with van der Waals surface area (Å²) in [5, 5.41) is 19.5. The molecule has 0 aliphatic carbocycles. The Hall–Kier alpha value is -2.36. The van der Waals surface area contributed by atoms with Crippen LogP contribution in [0.15, 0.2) is 12.1 Å². The van der Waals surface area contributed by atoms with Crippen molar-refractivity contribution in [1.82, 2.24) is 0 Å². The van der Waals surface area contributed by atoms with E-state index in [-0.39, 0.29) is 35.8 Å². The van der Waals surface area contributed by atoms with E-state index in [2.05, 4.69) is 0 Å². The molecule has 0 amide bonds. The minimum Gasteiger partial charge on any atom is -0.493 e. The molecule has 18 heavy (non-hydrogen) atoms. The van der Waals surface area contributed by atoms with Crippen LogP contribution in [0.5, 0.6) is 11.5 Å². The highest BCUT2D eigenvalue weighted by atomic mass is 19.1. The highest BCUT2D eigenvalue weighted by Gasteiger charge is 2.19. The highest BCUT2D eigenvalue weighted by molar-refractivity contribution is 5.58. The SMILES string of the molecule is COc1cc([N+](=O)[O-])c(C#N)cc1OCCCF. The van der Waals surface area contributed by atoms with Crippen molar-refractivity contribution in [3.8, 4) is 17.6 Å². The van der Waals surface area contributed by atoms with E-state index in [0.717, 1.165) is 6.07 Å². The molecule has 0 N–H and O–H groups in total. The second-order valence-electron chi connectivity index (χ2n) is 3.28. The van der Waals surface area contributed by atoms with Gasteiger partial charge < -0.3 is 9.47 Å². The Morgan fingerprint density at radius 3 is 2.72 bits per heavy atom. The van der Waals surface area contributed by atoms with E-state index in [9.17, 15) is 14.5 Å². The zero-order valence-electron chi connectivity index (χ0n) is 9.68. The van der Waals surface area contributed by atoms with Crippen LogP contribution < -0.4 is 9.47 Å². The zero-order valence-corrected chi connectivity index (χ0v) is 9.68. The second kappa shape index (κ2) is 6.39. The van der Waals surface area contributed by atoms with Gasteiger partial charge in [-0.25, -0.2) is 0 Å². The maximum Gasteiger partial charge on any atom is 0.291 e. The molecule has 0 radical (unpaired) electrons. The maximum absolute atomic E-state index is 11.9. The number of nitriles is 1. The monoisotopic (exact) mass is 254 g/mol. The molecule has 7 heteroatoms. The largest absolute Gasteiger partial charge is 0.493 e. The van der Waals surface area contributed by atoms with Gasteiger partial charge in [0.1, 0.15) is 11.6 Å². The quantitative estimate of drug-likeness (QED) is 0.441. The van der Waals surface area contributed by atoms with Gasteiger partial charge >= 0.3 is 0 Å². The number of halogens is 1. The molecular weight excluding hydrogens is 243 g/mol. The van der Waals surface area contributed by atoms with Crippen molar-refractivity contribution in [3.05, 3.63) is 27.8 Å². The van der Waals surface area contributed by atoms with Crippen LogP contribution in [0.2, 0.25) is 0 Å². The summed E-state index contributed by atoms with van der Waals surface area (Å²) < 4.78 is 22.1. The smallest absolute Gasteiger partial charge is 0.291 e. The van der Waals surface area contributed by atoms with Crippen LogP contribution in [0.1, 0.15) is 12.0 Å². The van der Waals surface area contributed by atoms with Gasteiger partial charge in [0.25, 0.3) is 5.69 Å². The lowest BCUT2D eigenvalue weighted by molar-refractivity contribution is -0.385. The number of rotatable bonds is 6. The van der Waals surface area contributed by atoms with Crippen molar-refractivity contribution >= 4 is 5.69 Å². The van der Waals surface area contributed by atoms with Gasteiger partial charge in [0.15, 0.2) is 11.5 Å². The third-order valence-electron chi connectivity index (χ3n) is 2.13. The first-order valence-electron chi connectivity index (χ1n) is 5.09. The fourth-order valence-electron chi connectivity index (χ4n) is 1.30. The molecule has 1 rings (SSSR count). The molecule has 1 aromatic carbocycles. The highest BCUT2D eigenvalue weighted by Crippen LogP contribution is 2.34. The minimum absolute atomic E-state index is 0.107. The van der Waals surface area contributed by atoms with Crippen LogP contribution >= 0.6 is 0 Å². The predicted molar refractivity (Wildman–Crippen MR) is 60.5 cm³/mol. The number of benzene rings is 1. The fourth-order valence-corrected chi connectivity index (χ4v) is 1.30. The van der Waals surface area contributed by atoms with Crippen molar-refractivity contribution < 1.29 is 18.8 Å². The van der Waals surface area contributed by atoms with Gasteiger partial charge in [-0.15, -0.1) is 0 Å². The molecule has 0 atom stereocenters. The van der Waals surface area contributed by atoms with Crippen molar-refractivity contribution in [2.45, 2.75) is 6.42 Å². The van der Waals surface area contributed by atoms with Crippen LogP contribution in [0, 0.1) is 21.4 Å². The van der Waals surface area contributed by atoms with Crippen LogP contribution in [0.25, 0.3) is 0 Å². The lowest BCUT2D eigenvalue weighted by atomic mass is 10.1. The fraction of sp³-hybridized carbons (Fsp3) is 0.364. The summed E-state index contributed by atoms with van der Waals surface area (Å²) in [5.41, 5.74) is -0.483. The van der Waals surface area contributed by atoms with E-state index in [1.165, 1.54) is 13.2 Å². The maximum atomic E-state index is 11.9. The summed E-state index contributed by atoms with van der Waals surface area (Å²) in [6.45, 7) is -0.421. The number of alkyl halides is 1. The van der Waals surface area contributed by atoms with Gasteiger partial charge in [-0.05, 0) is 0 Å². The van der Waals surface area contributed by atoms with Gasteiger partial charge in [-0.3, -0.25) is 14.5 Å². The van der Waals surface area contributed by atoms with E-state index in [4.69, 9.17) is 14.7 Å². The molecule has 0 spiro atoms. The average Bonchev–Trinajstić information content (AvgIpc) is 2.38. The number of nitro benzene ring substituents is 1. The lowest BCUT2D eigenvalue weighted by Crippen LogP contribution is -2.02. The Kier molecular flexibility index (Phi) is 4.87. The summed E-state index contributed by atoms with van der Waals surface area (Å²) in [5.74, 6) is 0.327. The molecule has 0 aliphatic rings. The third kappa shape index (κ3) is 3.07. The van der Waals surface area contributed by atoms with Crippen LogP contribution in [0.4, 0.5) is 10.1 Å². The average molecular weight is 254 g/mol. The van der Waals surface area contributed by atoms with Crippen molar-refractivity contribution in [2.24, 2.45) is 0 Å². The second-order valence-corrected chi connectivity index (χ2v) is 3.28. The standard InChI is InChI=1S/C11H11FN2O4/c1-17-10-6-9(14(15)16)8(7-13)5-11(10)18-4-2-3-12/h5-6H,2-4H2,1H3. The van der Waals surface area contributed by atoms with E-state index >= 15 is 0 Å². The third-order valence-corrected chi connectivity index (χ3v) is 2.13. The van der Waals surface area contributed by atoms with Gasteiger partial charge in [0.2, 0.25) is 0 Å². The van der Waals surface area contributed by atoms with Crippen LogP contribution in [0.3, 0.4) is 0 Å². The molecule has 1 aromatic rings. The molecule has 6 nitrogen and oxygen atoms in total. The zero-order chi connectivity index (χ0) is 13.5. The van der Waals surface area contributed by atoms with Crippen molar-refractivity contribution in [2.75, 3.05) is 20.4 Å². The molecule has 0 saturated heterocycles. The molecular formula is C11H11FN2O4. The van der Waals surface area contributed by atoms with Gasteiger partial charge in [-0.1, -0.05) is 0 Å². The first-order chi connectivity index (χ1) is 8.63. The summed E-state index contributed by atoms with van der Waals surface area (Å²) >= 11 is 0. The van der Waals surface area contributed by atoms with Gasteiger partial charge in [0.05, 0.1) is 31.4 Å². The number of methoxy groups -OCH3 is 1. The molecule has 0 aliphatic heterocycles. The van der Waals surface area contributed by atoms with E-state index in [1.54, 1.807) is 6.07 Å². The Labute approximate surface area is 103 Å². The molecule has 0 bridgehead atoms. The van der Waals surface area contributed by atoms with Gasteiger partial charge in [0, 0.05) is 12.5 Å². The molecule has 0 fully saturated rings.